The topological polar surface area (TPSA) is 23.8 Å². The van der Waals surface area contributed by atoms with Gasteiger partial charge in [-0.25, -0.2) is 0 Å². The number of hydrogen-bond acceptors (Lipinski definition) is 2. The van der Waals surface area contributed by atoms with Gasteiger partial charge in [0.15, 0.2) is 0 Å². The van der Waals surface area contributed by atoms with Crippen molar-refractivity contribution in [3.8, 4) is 18.4 Å². The standard InChI is InChI=1S/C36H54NPS/c1-9-13-14-15-16-19-24-36(12-4)27-32(22-11-3)33(28-36)26-34(30(5)6)35(29-37)31(21-10-2)23-18-17-20-25-38(7)39-8/h1,10,12-16,18,21,23,30,32-35H,2,4,11,17,19-20,22,24-28H2,3,5-8H3/b14-13-,16-15-,23-18-,31-21+/t32?,33?,34?,35?,36-,38?/m0/s1. The predicted octanol–water partition coefficient (Wildman–Crippen LogP) is 11.2. The van der Waals surface area contributed by atoms with Gasteiger partial charge in [-0.1, -0.05) is 102 Å². The van der Waals surface area contributed by atoms with Crippen LogP contribution in [0.1, 0.15) is 78.6 Å². The third kappa shape index (κ3) is 12.5. The Morgan fingerprint density at radius 1 is 1.18 bits per heavy atom. The van der Waals surface area contributed by atoms with Crippen LogP contribution in [0.2, 0.25) is 0 Å². The van der Waals surface area contributed by atoms with Gasteiger partial charge in [0.1, 0.15) is 0 Å². The molecular formula is C36H54NPS. The number of terminal acetylenes is 1. The molecule has 0 aliphatic heterocycles. The largest absolute Gasteiger partial charge is 0.198 e. The first kappa shape index (κ1) is 35.3. The molecule has 0 aromatic carbocycles. The highest BCUT2D eigenvalue weighted by Gasteiger charge is 2.44. The maximum atomic E-state index is 10.4. The first-order valence-electron chi connectivity index (χ1n) is 14.9. The molecule has 39 heavy (non-hydrogen) atoms. The molecule has 0 aromatic heterocycles. The average molecular weight is 564 g/mol. The second kappa shape index (κ2) is 20.2. The number of hydrogen-bond donors (Lipinski definition) is 0. The fourth-order valence-electron chi connectivity index (χ4n) is 6.28. The Balaban J connectivity index is 3.08. The second-order valence-electron chi connectivity index (χ2n) is 11.5. The van der Waals surface area contributed by atoms with E-state index < -0.39 is 0 Å². The Hall–Kier alpha value is -1.73. The molecule has 3 heteroatoms. The number of unbranched alkanes of at least 4 members (excludes halogenated alkanes) is 1. The average Bonchev–Trinajstić information content (AvgIpc) is 3.27. The fourth-order valence-corrected chi connectivity index (χ4v) is 8.02. The summed E-state index contributed by atoms with van der Waals surface area (Å²) in [6.07, 6.45) is 37.9. The number of nitrogens with zero attached hydrogens (tertiary/aromatic N) is 1. The zero-order valence-corrected chi connectivity index (χ0v) is 27.2. The van der Waals surface area contributed by atoms with Gasteiger partial charge in [-0.2, -0.15) is 5.26 Å². The van der Waals surface area contributed by atoms with Crippen molar-refractivity contribution in [2.75, 3.05) is 19.1 Å². The zero-order chi connectivity index (χ0) is 29.1. The third-order valence-corrected chi connectivity index (χ3v) is 12.5. The van der Waals surface area contributed by atoms with Gasteiger partial charge in [0.2, 0.25) is 0 Å². The second-order valence-corrected chi connectivity index (χ2v) is 16.5. The van der Waals surface area contributed by atoms with Gasteiger partial charge in [0.05, 0.1) is 12.0 Å². The smallest absolute Gasteiger partial charge is 0.0743 e. The molecule has 0 bridgehead atoms. The van der Waals surface area contributed by atoms with Crippen LogP contribution in [0.4, 0.5) is 0 Å². The Labute approximate surface area is 247 Å². The molecule has 1 aliphatic rings. The highest BCUT2D eigenvalue weighted by Crippen LogP contribution is 2.54. The molecule has 1 aliphatic carbocycles. The monoisotopic (exact) mass is 563 g/mol. The molecule has 1 rings (SSSR count). The van der Waals surface area contributed by atoms with E-state index in [0.29, 0.717) is 23.7 Å². The van der Waals surface area contributed by atoms with Crippen LogP contribution >= 0.6 is 18.5 Å². The summed E-state index contributed by atoms with van der Waals surface area (Å²) in [7, 11) is 0.0941. The molecule has 0 radical (unpaired) electrons. The lowest BCUT2D eigenvalue weighted by atomic mass is 9.72. The molecule has 0 aromatic rings. The normalized spacial score (nSPS) is 24.3. The molecule has 214 valence electrons. The highest BCUT2D eigenvalue weighted by atomic mass is 32.7. The first-order chi connectivity index (χ1) is 18.8. The summed E-state index contributed by atoms with van der Waals surface area (Å²) >= 11 is 2.00. The van der Waals surface area contributed by atoms with E-state index in [1.54, 1.807) is 6.08 Å². The van der Waals surface area contributed by atoms with E-state index in [4.69, 9.17) is 6.42 Å². The summed E-state index contributed by atoms with van der Waals surface area (Å²) in [5, 5.41) is 10.4. The summed E-state index contributed by atoms with van der Waals surface area (Å²) in [4.78, 5) is 0. The summed E-state index contributed by atoms with van der Waals surface area (Å²) < 4.78 is 0. The van der Waals surface area contributed by atoms with Crippen molar-refractivity contribution in [1.29, 1.82) is 5.26 Å². The van der Waals surface area contributed by atoms with Crippen LogP contribution in [0.25, 0.3) is 0 Å². The molecule has 5 unspecified atom stereocenters. The van der Waals surface area contributed by atoms with Crippen LogP contribution < -0.4 is 0 Å². The maximum absolute atomic E-state index is 10.4. The van der Waals surface area contributed by atoms with Gasteiger partial charge in [-0.15, -0.1) is 24.4 Å². The van der Waals surface area contributed by atoms with Gasteiger partial charge in [-0.05, 0) is 105 Å². The van der Waals surface area contributed by atoms with Crippen molar-refractivity contribution in [1.82, 2.24) is 0 Å². The Morgan fingerprint density at radius 3 is 2.51 bits per heavy atom. The van der Waals surface area contributed by atoms with Crippen LogP contribution in [0.15, 0.2) is 73.4 Å². The molecule has 0 N–H and O–H groups in total. The molecule has 0 spiro atoms. The summed E-state index contributed by atoms with van der Waals surface area (Å²) in [5.74, 6) is 4.51. The van der Waals surface area contributed by atoms with Crippen LogP contribution in [0.3, 0.4) is 0 Å². The van der Waals surface area contributed by atoms with Crippen molar-refractivity contribution < 1.29 is 0 Å². The molecule has 1 nitrogen and oxygen atoms in total. The van der Waals surface area contributed by atoms with E-state index in [9.17, 15) is 5.26 Å². The summed E-state index contributed by atoms with van der Waals surface area (Å²) in [5.41, 5.74) is 1.31. The maximum Gasteiger partial charge on any atom is 0.0743 e. The molecule has 1 saturated carbocycles. The van der Waals surface area contributed by atoms with Crippen LogP contribution in [0.5, 0.6) is 0 Å². The Morgan fingerprint density at radius 2 is 1.92 bits per heavy atom. The Bertz CT molecular complexity index is 927. The van der Waals surface area contributed by atoms with E-state index >= 15 is 0 Å². The number of nitriles is 1. The van der Waals surface area contributed by atoms with Crippen molar-refractivity contribution >= 4 is 18.5 Å². The molecular weight excluding hydrogens is 509 g/mol. The van der Waals surface area contributed by atoms with Crippen molar-refractivity contribution in [2.24, 2.45) is 35.0 Å². The molecule has 0 amide bonds. The highest BCUT2D eigenvalue weighted by molar-refractivity contribution is 8.55. The van der Waals surface area contributed by atoms with Crippen molar-refractivity contribution in [2.45, 2.75) is 78.6 Å². The molecule has 0 heterocycles. The van der Waals surface area contributed by atoms with Crippen LogP contribution in [0, 0.1) is 58.7 Å². The zero-order valence-electron chi connectivity index (χ0n) is 25.4. The first-order valence-corrected chi connectivity index (χ1v) is 18.7. The van der Waals surface area contributed by atoms with E-state index in [-0.39, 0.29) is 18.5 Å². The van der Waals surface area contributed by atoms with Gasteiger partial charge >= 0.3 is 0 Å². The minimum Gasteiger partial charge on any atom is -0.198 e. The van der Waals surface area contributed by atoms with Gasteiger partial charge < -0.3 is 0 Å². The van der Waals surface area contributed by atoms with Gasteiger partial charge in [-0.3, -0.25) is 0 Å². The third-order valence-electron chi connectivity index (χ3n) is 8.48. The van der Waals surface area contributed by atoms with Crippen LogP contribution in [-0.4, -0.2) is 19.1 Å². The van der Waals surface area contributed by atoms with Crippen molar-refractivity contribution in [3.05, 3.63) is 73.4 Å². The SMILES string of the molecule is C#C/C=C\C=C/CC[C@@]1(C=C)CC(CCC)C(CC(C(C)C)C(C#N)C(/C=C\CCCP(C)SC)=C/C=C)C1. The minimum atomic E-state index is -0.111. The minimum absolute atomic E-state index is 0.0941. The number of rotatable bonds is 19. The predicted molar refractivity (Wildman–Crippen MR) is 180 cm³/mol. The van der Waals surface area contributed by atoms with Gasteiger partial charge in [0.25, 0.3) is 0 Å². The lowest BCUT2D eigenvalue weighted by Crippen LogP contribution is -2.25. The van der Waals surface area contributed by atoms with Crippen molar-refractivity contribution in [3.63, 3.8) is 0 Å². The fraction of sp³-hybridized carbons (Fsp3) is 0.583. The summed E-state index contributed by atoms with van der Waals surface area (Å²) in [6.45, 7) is 17.5. The van der Waals surface area contributed by atoms with E-state index in [1.165, 1.54) is 38.3 Å². The molecule has 0 saturated heterocycles. The van der Waals surface area contributed by atoms with E-state index in [2.05, 4.69) is 95.3 Å². The van der Waals surface area contributed by atoms with E-state index in [0.717, 1.165) is 31.3 Å². The lowest BCUT2D eigenvalue weighted by molar-refractivity contribution is 0.220. The van der Waals surface area contributed by atoms with E-state index in [1.807, 2.05) is 23.5 Å². The summed E-state index contributed by atoms with van der Waals surface area (Å²) in [6, 6.07) is 2.73. The quantitative estimate of drug-likeness (QED) is 0.0513. The molecule has 6 atom stereocenters. The molecule has 1 fully saturated rings. The van der Waals surface area contributed by atoms with Gasteiger partial charge in [0, 0.05) is 0 Å². The van der Waals surface area contributed by atoms with Crippen LogP contribution in [-0.2, 0) is 0 Å². The lowest BCUT2D eigenvalue weighted by Gasteiger charge is -2.31. The number of allylic oxidation sites excluding steroid dienone is 10. The Kier molecular flexibility index (Phi) is 18.3.